The first kappa shape index (κ1) is 17.2. The number of hydrogen-bond donors (Lipinski definition) is 0. The molecule has 0 aliphatic carbocycles. The molecule has 0 atom stereocenters. The minimum absolute atomic E-state index is 0.239. The summed E-state index contributed by atoms with van der Waals surface area (Å²) < 4.78 is 17.0. The van der Waals surface area contributed by atoms with Gasteiger partial charge in [-0.15, -0.1) is 0 Å². The number of aliphatic imine (C=N–C) groups is 1. The normalized spacial score (nSPS) is 15.1. The van der Waals surface area contributed by atoms with Crippen molar-refractivity contribution in [1.29, 1.82) is 0 Å². The van der Waals surface area contributed by atoms with Crippen LogP contribution in [-0.2, 0) is 9.53 Å². The molecule has 2 aromatic rings. The second kappa shape index (κ2) is 7.53. The Kier molecular flexibility index (Phi) is 5.19. The Labute approximate surface area is 154 Å². The Morgan fingerprint density at radius 1 is 1.20 bits per heavy atom. The van der Waals surface area contributed by atoms with Crippen molar-refractivity contribution in [3.63, 3.8) is 0 Å². The van der Waals surface area contributed by atoms with E-state index >= 15 is 0 Å². The highest BCUT2D eigenvalue weighted by Gasteiger charge is 2.24. The van der Waals surface area contributed by atoms with Gasteiger partial charge in [-0.3, -0.25) is 0 Å². The maximum Gasteiger partial charge on any atom is 0.363 e. The van der Waals surface area contributed by atoms with E-state index in [-0.39, 0.29) is 11.6 Å². The van der Waals surface area contributed by atoms with Gasteiger partial charge in [0.2, 0.25) is 5.90 Å². The molecule has 0 saturated heterocycles. The highest BCUT2D eigenvalue weighted by atomic mass is 79.9. The fourth-order valence-electron chi connectivity index (χ4n) is 2.36. The number of hydrogen-bond acceptors (Lipinski definition) is 5. The van der Waals surface area contributed by atoms with E-state index in [1.165, 1.54) is 0 Å². The summed E-state index contributed by atoms with van der Waals surface area (Å²) >= 11 is 3.39. The Bertz CT molecular complexity index is 873. The Morgan fingerprint density at radius 2 is 2.04 bits per heavy atom. The number of rotatable bonds is 5. The van der Waals surface area contributed by atoms with Gasteiger partial charge in [0.25, 0.3) is 0 Å². The molecule has 0 amide bonds. The van der Waals surface area contributed by atoms with Crippen LogP contribution < -0.4 is 9.47 Å². The molecular formula is C19H16BrNO4. The van der Waals surface area contributed by atoms with Crippen LogP contribution in [0.3, 0.4) is 0 Å². The van der Waals surface area contributed by atoms with Crippen molar-refractivity contribution >= 4 is 33.9 Å². The molecule has 1 aliphatic rings. The zero-order valence-corrected chi connectivity index (χ0v) is 15.4. The van der Waals surface area contributed by atoms with E-state index in [2.05, 4.69) is 20.9 Å². The van der Waals surface area contributed by atoms with E-state index in [0.29, 0.717) is 18.1 Å². The van der Waals surface area contributed by atoms with Crippen LogP contribution in [-0.4, -0.2) is 25.6 Å². The highest BCUT2D eigenvalue weighted by molar-refractivity contribution is 9.10. The third-order valence-corrected chi connectivity index (χ3v) is 3.98. The number of carbonyl (C=O) groups is 1. The maximum absolute atomic E-state index is 12.1. The van der Waals surface area contributed by atoms with Crippen molar-refractivity contribution in [2.75, 3.05) is 13.7 Å². The molecule has 25 heavy (non-hydrogen) atoms. The lowest BCUT2D eigenvalue weighted by atomic mass is 10.1. The molecule has 0 saturated carbocycles. The fraction of sp³-hybridized carbons (Fsp3) is 0.158. The van der Waals surface area contributed by atoms with Crippen LogP contribution in [0, 0.1) is 0 Å². The lowest BCUT2D eigenvalue weighted by Gasteiger charge is -2.09. The standard InChI is InChI=1S/C19H16BrNO4/c1-3-24-17-10-12(7-8-16(17)23-2)9-15-19(22)25-18(21-15)13-5-4-6-14(20)11-13/h4-11H,3H2,1-2H3/b15-9-. The minimum Gasteiger partial charge on any atom is -0.493 e. The average Bonchev–Trinajstić information content (AvgIpc) is 2.96. The number of benzene rings is 2. The zero-order chi connectivity index (χ0) is 17.8. The summed E-state index contributed by atoms with van der Waals surface area (Å²) in [4.78, 5) is 16.4. The monoisotopic (exact) mass is 401 g/mol. The van der Waals surface area contributed by atoms with Gasteiger partial charge >= 0.3 is 5.97 Å². The predicted molar refractivity (Wildman–Crippen MR) is 98.9 cm³/mol. The predicted octanol–water partition coefficient (Wildman–Crippen LogP) is 4.20. The molecule has 1 aliphatic heterocycles. The van der Waals surface area contributed by atoms with Crippen LogP contribution >= 0.6 is 15.9 Å². The Balaban J connectivity index is 1.93. The van der Waals surface area contributed by atoms with Gasteiger partial charge < -0.3 is 14.2 Å². The number of nitrogens with zero attached hydrogens (tertiary/aromatic N) is 1. The summed E-state index contributed by atoms with van der Waals surface area (Å²) in [6.07, 6.45) is 1.66. The van der Waals surface area contributed by atoms with Gasteiger partial charge in [0.1, 0.15) is 0 Å². The SMILES string of the molecule is CCOc1cc(/C=C2\N=C(c3cccc(Br)c3)OC2=O)ccc1OC. The van der Waals surface area contributed by atoms with Crippen molar-refractivity contribution in [3.8, 4) is 11.5 Å². The number of esters is 1. The minimum atomic E-state index is -0.483. The van der Waals surface area contributed by atoms with E-state index in [1.54, 1.807) is 25.3 Å². The van der Waals surface area contributed by atoms with E-state index in [1.807, 2.05) is 37.3 Å². The van der Waals surface area contributed by atoms with Crippen LogP contribution in [0.4, 0.5) is 0 Å². The fourth-order valence-corrected chi connectivity index (χ4v) is 2.76. The van der Waals surface area contributed by atoms with Gasteiger partial charge in [0.15, 0.2) is 17.2 Å². The molecule has 1 heterocycles. The number of cyclic esters (lactones) is 1. The third-order valence-electron chi connectivity index (χ3n) is 3.48. The van der Waals surface area contributed by atoms with Gasteiger partial charge in [-0.1, -0.05) is 28.1 Å². The van der Waals surface area contributed by atoms with Crippen LogP contribution in [0.2, 0.25) is 0 Å². The molecule has 0 spiro atoms. The molecular weight excluding hydrogens is 386 g/mol. The summed E-state index contributed by atoms with van der Waals surface area (Å²) in [7, 11) is 1.58. The summed E-state index contributed by atoms with van der Waals surface area (Å²) in [5.41, 5.74) is 1.74. The summed E-state index contributed by atoms with van der Waals surface area (Å²) in [5, 5.41) is 0. The zero-order valence-electron chi connectivity index (χ0n) is 13.8. The van der Waals surface area contributed by atoms with Crippen LogP contribution in [0.1, 0.15) is 18.1 Å². The van der Waals surface area contributed by atoms with Crippen LogP contribution in [0.5, 0.6) is 11.5 Å². The molecule has 3 rings (SSSR count). The quantitative estimate of drug-likeness (QED) is 0.556. The van der Waals surface area contributed by atoms with Gasteiger partial charge in [0, 0.05) is 10.0 Å². The molecule has 0 aromatic heterocycles. The topological polar surface area (TPSA) is 57.1 Å². The lowest BCUT2D eigenvalue weighted by Crippen LogP contribution is -2.05. The van der Waals surface area contributed by atoms with Gasteiger partial charge in [-0.25, -0.2) is 9.79 Å². The van der Waals surface area contributed by atoms with Gasteiger partial charge in [-0.05, 0) is 48.9 Å². The van der Waals surface area contributed by atoms with E-state index in [0.717, 1.165) is 15.6 Å². The molecule has 0 fully saturated rings. The van der Waals surface area contributed by atoms with Crippen molar-refractivity contribution < 1.29 is 19.0 Å². The highest BCUT2D eigenvalue weighted by Crippen LogP contribution is 2.29. The maximum atomic E-state index is 12.1. The molecule has 0 bridgehead atoms. The van der Waals surface area contributed by atoms with Crippen molar-refractivity contribution in [2.45, 2.75) is 6.92 Å². The number of ether oxygens (including phenoxy) is 3. The largest absolute Gasteiger partial charge is 0.493 e. The molecule has 5 nitrogen and oxygen atoms in total. The van der Waals surface area contributed by atoms with Crippen molar-refractivity contribution in [1.82, 2.24) is 0 Å². The Hall–Kier alpha value is -2.60. The van der Waals surface area contributed by atoms with E-state index in [4.69, 9.17) is 14.2 Å². The van der Waals surface area contributed by atoms with Crippen LogP contribution in [0.25, 0.3) is 6.08 Å². The Morgan fingerprint density at radius 3 is 2.76 bits per heavy atom. The van der Waals surface area contributed by atoms with Gasteiger partial charge in [0.05, 0.1) is 13.7 Å². The summed E-state index contributed by atoms with van der Waals surface area (Å²) in [6.45, 7) is 2.41. The summed E-state index contributed by atoms with van der Waals surface area (Å²) in [6, 6.07) is 12.8. The molecule has 2 aromatic carbocycles. The number of halogens is 1. The van der Waals surface area contributed by atoms with Crippen molar-refractivity contribution in [3.05, 3.63) is 63.8 Å². The second-order valence-electron chi connectivity index (χ2n) is 5.19. The molecule has 6 heteroatoms. The second-order valence-corrected chi connectivity index (χ2v) is 6.11. The number of carbonyl (C=O) groups excluding carboxylic acids is 1. The van der Waals surface area contributed by atoms with Gasteiger partial charge in [-0.2, -0.15) is 0 Å². The third kappa shape index (κ3) is 3.91. The first-order chi connectivity index (χ1) is 12.1. The lowest BCUT2D eigenvalue weighted by molar-refractivity contribution is -0.129. The van der Waals surface area contributed by atoms with Crippen molar-refractivity contribution in [2.24, 2.45) is 4.99 Å². The van der Waals surface area contributed by atoms with E-state index < -0.39 is 5.97 Å². The number of methoxy groups -OCH3 is 1. The first-order valence-corrected chi connectivity index (χ1v) is 8.49. The van der Waals surface area contributed by atoms with Crippen LogP contribution in [0.15, 0.2) is 57.6 Å². The molecule has 0 N–H and O–H groups in total. The first-order valence-electron chi connectivity index (χ1n) is 7.70. The summed E-state index contributed by atoms with van der Waals surface area (Å²) in [5.74, 6) is 1.05. The molecule has 0 radical (unpaired) electrons. The average molecular weight is 402 g/mol. The molecule has 128 valence electrons. The molecule has 0 unspecified atom stereocenters. The van der Waals surface area contributed by atoms with E-state index in [9.17, 15) is 4.79 Å². The smallest absolute Gasteiger partial charge is 0.363 e.